The van der Waals surface area contributed by atoms with Gasteiger partial charge in [-0.15, -0.1) is 0 Å². The van der Waals surface area contributed by atoms with E-state index in [4.69, 9.17) is 4.74 Å². The second kappa shape index (κ2) is 7.97. The summed E-state index contributed by atoms with van der Waals surface area (Å²) in [5.74, 6) is 0. The molecule has 0 aromatic heterocycles. The van der Waals surface area contributed by atoms with Crippen molar-refractivity contribution in [3.63, 3.8) is 0 Å². The molecule has 1 aromatic carbocycles. The summed E-state index contributed by atoms with van der Waals surface area (Å²) in [6.07, 6.45) is 5.85. The summed E-state index contributed by atoms with van der Waals surface area (Å²) in [5.41, 5.74) is 2.36. The summed E-state index contributed by atoms with van der Waals surface area (Å²) in [4.78, 5) is 11.5. The summed E-state index contributed by atoms with van der Waals surface area (Å²) in [6.45, 7) is 6.82. The number of hydrogen-bond acceptors (Lipinski definition) is 3. The largest absolute Gasteiger partial charge is 0.444 e. The van der Waals surface area contributed by atoms with E-state index in [0.717, 1.165) is 23.9 Å². The van der Waals surface area contributed by atoms with E-state index in [-0.39, 0.29) is 6.09 Å². The van der Waals surface area contributed by atoms with Gasteiger partial charge >= 0.3 is 6.09 Å². The molecule has 126 valence electrons. The van der Waals surface area contributed by atoms with Crippen molar-refractivity contribution < 1.29 is 9.53 Å². The van der Waals surface area contributed by atoms with Gasteiger partial charge < -0.3 is 15.4 Å². The molecule has 0 aliphatic heterocycles. The molecule has 1 atom stereocenters. The van der Waals surface area contributed by atoms with Crippen molar-refractivity contribution in [1.82, 2.24) is 10.6 Å². The molecular formula is C18H25BrN2O2. The van der Waals surface area contributed by atoms with Crippen molar-refractivity contribution in [2.45, 2.75) is 45.3 Å². The number of fused-ring (bicyclic) bond motifs is 1. The van der Waals surface area contributed by atoms with Crippen LogP contribution in [-0.4, -0.2) is 24.8 Å². The van der Waals surface area contributed by atoms with E-state index in [0.29, 0.717) is 12.6 Å². The van der Waals surface area contributed by atoms with Gasteiger partial charge in [-0.05, 0) is 56.9 Å². The predicted octanol–water partition coefficient (Wildman–Crippen LogP) is 4.11. The molecule has 0 bridgehead atoms. The predicted molar refractivity (Wildman–Crippen MR) is 96.6 cm³/mol. The average molecular weight is 381 g/mol. The fraction of sp³-hybridized carbons (Fsp3) is 0.500. The monoisotopic (exact) mass is 380 g/mol. The quantitative estimate of drug-likeness (QED) is 0.755. The Labute approximate surface area is 146 Å². The van der Waals surface area contributed by atoms with Crippen LogP contribution in [0.25, 0.3) is 0 Å². The zero-order valence-corrected chi connectivity index (χ0v) is 15.6. The lowest BCUT2D eigenvalue weighted by molar-refractivity contribution is 0.0534. The van der Waals surface area contributed by atoms with E-state index in [1.54, 1.807) is 0 Å². The minimum atomic E-state index is -0.458. The molecule has 0 fully saturated rings. The van der Waals surface area contributed by atoms with Crippen LogP contribution in [-0.2, 0) is 11.2 Å². The molecule has 2 rings (SSSR count). The zero-order valence-electron chi connectivity index (χ0n) is 14.0. The first-order valence-corrected chi connectivity index (χ1v) is 8.78. The lowest BCUT2D eigenvalue weighted by atomic mass is 10.1. The third-order valence-electron chi connectivity index (χ3n) is 3.59. The van der Waals surface area contributed by atoms with E-state index in [1.807, 2.05) is 32.9 Å². The molecule has 1 amide bonds. The lowest BCUT2D eigenvalue weighted by Crippen LogP contribution is -2.32. The molecule has 1 unspecified atom stereocenters. The van der Waals surface area contributed by atoms with Gasteiger partial charge in [0.05, 0.1) is 0 Å². The van der Waals surface area contributed by atoms with Crippen LogP contribution in [0.2, 0.25) is 0 Å². The standard InChI is InChI=1S/C18H25BrN2O2/c1-18(2,3)23-17(22)21-11-5-4-10-20-16-9-6-13-12-14(19)7-8-15(13)16/h4-5,7-8,12,16,20H,6,9-11H2,1-3H3,(H,21,22)/b5-4+. The van der Waals surface area contributed by atoms with Gasteiger partial charge in [0.25, 0.3) is 0 Å². The van der Waals surface area contributed by atoms with Crippen LogP contribution in [0.15, 0.2) is 34.8 Å². The van der Waals surface area contributed by atoms with E-state index in [9.17, 15) is 4.79 Å². The maximum atomic E-state index is 11.5. The Bertz CT molecular complexity index is 579. The van der Waals surface area contributed by atoms with Crippen LogP contribution in [0.5, 0.6) is 0 Å². The molecule has 0 radical (unpaired) electrons. The van der Waals surface area contributed by atoms with Gasteiger partial charge in [-0.25, -0.2) is 4.79 Å². The Morgan fingerprint density at radius 3 is 2.83 bits per heavy atom. The van der Waals surface area contributed by atoms with Crippen LogP contribution in [0, 0.1) is 0 Å². The van der Waals surface area contributed by atoms with Crippen LogP contribution < -0.4 is 10.6 Å². The Morgan fingerprint density at radius 1 is 1.35 bits per heavy atom. The third kappa shape index (κ3) is 5.99. The number of aryl methyl sites for hydroxylation is 1. The minimum absolute atomic E-state index is 0.384. The average Bonchev–Trinajstić information content (AvgIpc) is 2.83. The third-order valence-corrected chi connectivity index (χ3v) is 4.09. The smallest absolute Gasteiger partial charge is 0.407 e. The van der Waals surface area contributed by atoms with Crippen molar-refractivity contribution >= 4 is 22.0 Å². The highest BCUT2D eigenvalue weighted by molar-refractivity contribution is 9.10. The van der Waals surface area contributed by atoms with Crippen LogP contribution in [0.3, 0.4) is 0 Å². The molecule has 23 heavy (non-hydrogen) atoms. The molecule has 0 spiro atoms. The Hall–Kier alpha value is -1.33. The molecule has 1 aliphatic carbocycles. The first-order valence-electron chi connectivity index (χ1n) is 7.99. The topological polar surface area (TPSA) is 50.4 Å². The number of benzene rings is 1. The molecular weight excluding hydrogens is 356 g/mol. The molecule has 1 aliphatic rings. The fourth-order valence-corrected chi connectivity index (χ4v) is 3.04. The van der Waals surface area contributed by atoms with Crippen molar-refractivity contribution in [1.29, 1.82) is 0 Å². The Morgan fingerprint density at radius 2 is 2.09 bits per heavy atom. The number of carbonyl (C=O) groups is 1. The van der Waals surface area contributed by atoms with E-state index >= 15 is 0 Å². The summed E-state index contributed by atoms with van der Waals surface area (Å²) in [5, 5.41) is 6.25. The maximum absolute atomic E-state index is 11.5. The second-order valence-electron chi connectivity index (χ2n) is 6.70. The van der Waals surface area contributed by atoms with E-state index < -0.39 is 5.60 Å². The first kappa shape index (κ1) is 18.0. The van der Waals surface area contributed by atoms with Crippen molar-refractivity contribution in [3.8, 4) is 0 Å². The van der Waals surface area contributed by atoms with Gasteiger partial charge in [-0.1, -0.05) is 34.1 Å². The number of hydrogen-bond donors (Lipinski definition) is 2. The number of carbonyl (C=O) groups excluding carboxylic acids is 1. The van der Waals surface area contributed by atoms with Gasteiger partial charge in [0, 0.05) is 23.6 Å². The summed E-state index contributed by atoms with van der Waals surface area (Å²) < 4.78 is 6.31. The Balaban J connectivity index is 1.68. The lowest BCUT2D eigenvalue weighted by Gasteiger charge is -2.19. The van der Waals surface area contributed by atoms with Crippen LogP contribution in [0.4, 0.5) is 4.79 Å². The number of nitrogens with one attached hydrogen (secondary N) is 2. The van der Waals surface area contributed by atoms with E-state index in [2.05, 4.69) is 44.8 Å². The molecule has 1 aromatic rings. The summed E-state index contributed by atoms with van der Waals surface area (Å²) in [6, 6.07) is 6.91. The molecule has 0 saturated heterocycles. The Kier molecular flexibility index (Phi) is 6.25. The van der Waals surface area contributed by atoms with Crippen molar-refractivity contribution in [3.05, 3.63) is 46.0 Å². The molecule has 4 nitrogen and oxygen atoms in total. The number of alkyl carbamates (subject to hydrolysis) is 1. The van der Waals surface area contributed by atoms with Crippen molar-refractivity contribution in [2.24, 2.45) is 0 Å². The van der Waals surface area contributed by atoms with Gasteiger partial charge in [-0.2, -0.15) is 0 Å². The summed E-state index contributed by atoms with van der Waals surface area (Å²) in [7, 11) is 0. The highest BCUT2D eigenvalue weighted by Crippen LogP contribution is 2.32. The first-order chi connectivity index (χ1) is 10.8. The SMILES string of the molecule is CC(C)(C)OC(=O)NC/C=C/CNC1CCc2cc(Br)ccc21. The number of halogens is 1. The number of ether oxygens (including phenoxy) is 1. The highest BCUT2D eigenvalue weighted by Gasteiger charge is 2.21. The normalized spacial score (nSPS) is 17.3. The van der Waals surface area contributed by atoms with E-state index in [1.165, 1.54) is 11.1 Å². The van der Waals surface area contributed by atoms with Gasteiger partial charge in [0.15, 0.2) is 0 Å². The molecule has 0 saturated carbocycles. The molecule has 2 N–H and O–H groups in total. The fourth-order valence-electron chi connectivity index (χ4n) is 2.63. The maximum Gasteiger partial charge on any atom is 0.407 e. The molecule has 0 heterocycles. The van der Waals surface area contributed by atoms with Crippen LogP contribution in [0.1, 0.15) is 44.4 Å². The summed E-state index contributed by atoms with van der Waals surface area (Å²) >= 11 is 3.52. The molecule has 5 heteroatoms. The van der Waals surface area contributed by atoms with Gasteiger partial charge in [0.2, 0.25) is 0 Å². The van der Waals surface area contributed by atoms with Gasteiger partial charge in [0.1, 0.15) is 5.60 Å². The minimum Gasteiger partial charge on any atom is -0.444 e. The zero-order chi connectivity index (χ0) is 16.9. The van der Waals surface area contributed by atoms with Crippen molar-refractivity contribution in [2.75, 3.05) is 13.1 Å². The van der Waals surface area contributed by atoms with Crippen LogP contribution >= 0.6 is 15.9 Å². The number of amides is 1. The number of rotatable bonds is 5. The second-order valence-corrected chi connectivity index (χ2v) is 7.61. The van der Waals surface area contributed by atoms with Gasteiger partial charge in [-0.3, -0.25) is 0 Å². The highest BCUT2D eigenvalue weighted by atomic mass is 79.9.